The molecule has 5 heteroatoms. The molecule has 0 aliphatic carbocycles. The molecule has 3 aromatic rings. The van der Waals surface area contributed by atoms with E-state index in [-0.39, 0.29) is 12.1 Å². The maximum absolute atomic E-state index is 5.72. The van der Waals surface area contributed by atoms with Crippen LogP contribution in [-0.2, 0) is 13.6 Å². The number of hydrogen-bond donors (Lipinski definition) is 1. The number of hydrogen-bond acceptors (Lipinski definition) is 2. The van der Waals surface area contributed by atoms with E-state index in [1.54, 1.807) is 0 Å². The first kappa shape index (κ1) is 16.8. The summed E-state index contributed by atoms with van der Waals surface area (Å²) in [7, 11) is 2.11. The third kappa shape index (κ3) is 2.99. The molecule has 0 amide bonds. The Hall–Kier alpha value is -2.66. The minimum absolute atomic E-state index is 0.0282. The molecule has 0 spiro atoms. The number of aryl methyl sites for hydroxylation is 1. The predicted molar refractivity (Wildman–Crippen MR) is 108 cm³/mol. The largest absolute Gasteiger partial charge is 0.352 e. The van der Waals surface area contributed by atoms with Crippen LogP contribution in [-0.4, -0.2) is 19.6 Å². The highest BCUT2D eigenvalue weighted by Crippen LogP contribution is 2.39. The SMILES string of the molecule is Cc1ccc([C@H]2[C@H](c3ccccn3)NC(=S)N2Cc2ccccc2)n1C. The number of aromatic nitrogens is 2. The Kier molecular flexibility index (Phi) is 4.47. The second kappa shape index (κ2) is 6.92. The van der Waals surface area contributed by atoms with Gasteiger partial charge in [-0.3, -0.25) is 4.98 Å². The Morgan fingerprint density at radius 1 is 1.04 bits per heavy atom. The Balaban J connectivity index is 1.76. The molecule has 1 aliphatic heterocycles. The van der Waals surface area contributed by atoms with Gasteiger partial charge in [-0.05, 0) is 49.0 Å². The minimum atomic E-state index is 0.0282. The van der Waals surface area contributed by atoms with Crippen molar-refractivity contribution >= 4 is 17.3 Å². The van der Waals surface area contributed by atoms with Gasteiger partial charge in [0, 0.05) is 31.2 Å². The van der Waals surface area contributed by atoms with E-state index in [0.29, 0.717) is 0 Å². The number of benzene rings is 1. The smallest absolute Gasteiger partial charge is 0.170 e. The molecule has 0 bridgehead atoms. The molecule has 132 valence electrons. The lowest BCUT2D eigenvalue weighted by Gasteiger charge is -2.28. The molecule has 1 N–H and O–H groups in total. The van der Waals surface area contributed by atoms with E-state index in [9.17, 15) is 0 Å². The van der Waals surface area contributed by atoms with E-state index in [1.807, 2.05) is 24.4 Å². The molecule has 0 radical (unpaired) electrons. The van der Waals surface area contributed by atoms with Crippen LogP contribution < -0.4 is 5.32 Å². The Bertz CT molecular complexity index is 904. The van der Waals surface area contributed by atoms with E-state index in [1.165, 1.54) is 17.0 Å². The fourth-order valence-electron chi connectivity index (χ4n) is 3.61. The van der Waals surface area contributed by atoms with Crippen LogP contribution in [0.5, 0.6) is 0 Å². The van der Waals surface area contributed by atoms with E-state index < -0.39 is 0 Å². The maximum atomic E-state index is 5.72. The van der Waals surface area contributed by atoms with Gasteiger partial charge in [-0.1, -0.05) is 36.4 Å². The molecule has 1 saturated heterocycles. The number of nitrogens with one attached hydrogen (secondary N) is 1. The van der Waals surface area contributed by atoms with Crippen LogP contribution in [0.1, 0.15) is 34.7 Å². The number of nitrogens with zero attached hydrogens (tertiary/aromatic N) is 3. The molecule has 4 rings (SSSR count). The van der Waals surface area contributed by atoms with Crippen LogP contribution in [0.4, 0.5) is 0 Å². The molecule has 0 saturated carbocycles. The summed E-state index contributed by atoms with van der Waals surface area (Å²) in [5, 5.41) is 4.28. The lowest BCUT2D eigenvalue weighted by molar-refractivity contribution is 0.299. The summed E-state index contributed by atoms with van der Waals surface area (Å²) in [6.45, 7) is 2.90. The molecule has 26 heavy (non-hydrogen) atoms. The molecule has 1 fully saturated rings. The summed E-state index contributed by atoms with van der Waals surface area (Å²) < 4.78 is 2.24. The number of pyridine rings is 1. The van der Waals surface area contributed by atoms with Gasteiger partial charge in [0.1, 0.15) is 0 Å². The first-order valence-electron chi connectivity index (χ1n) is 8.79. The minimum Gasteiger partial charge on any atom is -0.352 e. The molecule has 1 aromatic carbocycles. The van der Waals surface area contributed by atoms with Gasteiger partial charge in [-0.15, -0.1) is 0 Å². The summed E-state index contributed by atoms with van der Waals surface area (Å²) in [5.41, 5.74) is 4.72. The van der Waals surface area contributed by atoms with Crippen LogP contribution in [0.3, 0.4) is 0 Å². The molecule has 2 atom stereocenters. The zero-order valence-electron chi connectivity index (χ0n) is 15.0. The average molecular weight is 363 g/mol. The van der Waals surface area contributed by atoms with Gasteiger partial charge < -0.3 is 14.8 Å². The standard InChI is InChI=1S/C21H22N4S/c1-15-11-12-18(24(15)2)20-19(17-10-6-7-13-22-17)23-21(26)25(20)14-16-8-4-3-5-9-16/h3-13,19-20H,14H2,1-2H3,(H,23,26)/t19-,20-/m0/s1. The quantitative estimate of drug-likeness (QED) is 0.714. The molecule has 3 heterocycles. The van der Waals surface area contributed by atoms with Crippen molar-refractivity contribution < 1.29 is 0 Å². The van der Waals surface area contributed by atoms with Crippen molar-refractivity contribution in [3.63, 3.8) is 0 Å². The Morgan fingerprint density at radius 3 is 2.46 bits per heavy atom. The maximum Gasteiger partial charge on any atom is 0.170 e. The van der Waals surface area contributed by atoms with Gasteiger partial charge in [0.05, 0.1) is 17.8 Å². The van der Waals surface area contributed by atoms with Gasteiger partial charge >= 0.3 is 0 Å². The van der Waals surface area contributed by atoms with E-state index in [2.05, 4.69) is 76.2 Å². The first-order valence-corrected chi connectivity index (χ1v) is 9.20. The highest BCUT2D eigenvalue weighted by molar-refractivity contribution is 7.80. The first-order chi connectivity index (χ1) is 12.6. The second-order valence-corrected chi connectivity index (χ2v) is 7.09. The molecule has 2 aromatic heterocycles. The van der Waals surface area contributed by atoms with Crippen LogP contribution >= 0.6 is 12.2 Å². The van der Waals surface area contributed by atoms with Crippen LogP contribution in [0.15, 0.2) is 66.9 Å². The van der Waals surface area contributed by atoms with Crippen molar-refractivity contribution in [3.8, 4) is 0 Å². The van der Waals surface area contributed by atoms with Crippen molar-refractivity contribution in [2.75, 3.05) is 0 Å². The van der Waals surface area contributed by atoms with Crippen molar-refractivity contribution in [2.24, 2.45) is 7.05 Å². The molecule has 0 unspecified atom stereocenters. The zero-order chi connectivity index (χ0) is 18.1. The normalized spacial score (nSPS) is 19.6. The average Bonchev–Trinajstić information content (AvgIpc) is 3.17. The Labute approximate surface area is 159 Å². The highest BCUT2D eigenvalue weighted by atomic mass is 32.1. The topological polar surface area (TPSA) is 33.1 Å². The highest BCUT2D eigenvalue weighted by Gasteiger charge is 2.40. The number of rotatable bonds is 4. The summed E-state index contributed by atoms with van der Waals surface area (Å²) >= 11 is 5.72. The summed E-state index contributed by atoms with van der Waals surface area (Å²) in [5.74, 6) is 0. The Morgan fingerprint density at radius 2 is 1.81 bits per heavy atom. The third-order valence-corrected chi connectivity index (χ3v) is 5.46. The molecule has 4 nitrogen and oxygen atoms in total. The van der Waals surface area contributed by atoms with Gasteiger partial charge in [-0.25, -0.2) is 0 Å². The lowest BCUT2D eigenvalue weighted by atomic mass is 10.0. The summed E-state index contributed by atoms with van der Waals surface area (Å²) in [4.78, 5) is 6.87. The van der Waals surface area contributed by atoms with Crippen LogP contribution in [0.25, 0.3) is 0 Å². The van der Waals surface area contributed by atoms with Gasteiger partial charge in [0.2, 0.25) is 0 Å². The van der Waals surface area contributed by atoms with Gasteiger partial charge in [-0.2, -0.15) is 0 Å². The van der Waals surface area contributed by atoms with Crippen LogP contribution in [0, 0.1) is 6.92 Å². The predicted octanol–water partition coefficient (Wildman–Crippen LogP) is 3.90. The fourth-order valence-corrected chi connectivity index (χ4v) is 3.91. The van der Waals surface area contributed by atoms with Crippen molar-refractivity contribution in [2.45, 2.75) is 25.6 Å². The fraction of sp³-hybridized carbons (Fsp3) is 0.238. The van der Waals surface area contributed by atoms with E-state index in [0.717, 1.165) is 17.4 Å². The molecular weight excluding hydrogens is 340 g/mol. The zero-order valence-corrected chi connectivity index (χ0v) is 15.8. The number of thiocarbonyl (C=S) groups is 1. The van der Waals surface area contributed by atoms with E-state index in [4.69, 9.17) is 12.2 Å². The van der Waals surface area contributed by atoms with E-state index >= 15 is 0 Å². The van der Waals surface area contributed by atoms with Crippen LogP contribution in [0.2, 0.25) is 0 Å². The lowest BCUT2D eigenvalue weighted by Crippen LogP contribution is -2.30. The van der Waals surface area contributed by atoms with Crippen molar-refractivity contribution in [1.82, 2.24) is 19.8 Å². The summed E-state index contributed by atoms with van der Waals surface area (Å²) in [6.07, 6.45) is 1.84. The third-order valence-electron chi connectivity index (χ3n) is 5.11. The second-order valence-electron chi connectivity index (χ2n) is 6.70. The molecule has 1 aliphatic rings. The molecular formula is C21H22N4S. The summed E-state index contributed by atoms with van der Waals surface area (Å²) in [6, 6.07) is 21.0. The van der Waals surface area contributed by atoms with Gasteiger partial charge in [0.25, 0.3) is 0 Å². The monoisotopic (exact) mass is 362 g/mol. The van der Waals surface area contributed by atoms with Gasteiger partial charge in [0.15, 0.2) is 5.11 Å². The van der Waals surface area contributed by atoms with Crippen molar-refractivity contribution in [1.29, 1.82) is 0 Å². The van der Waals surface area contributed by atoms with Crippen molar-refractivity contribution in [3.05, 3.63) is 89.5 Å².